The number of phenolic OH excluding ortho intramolecular Hbond substituents is 1. The van der Waals surface area contributed by atoms with Crippen LogP contribution in [0.3, 0.4) is 0 Å². The Hall–Kier alpha value is -1.94. The first-order valence-corrected chi connectivity index (χ1v) is 6.48. The van der Waals surface area contributed by atoms with Crippen molar-refractivity contribution in [3.63, 3.8) is 0 Å². The minimum absolute atomic E-state index is 0.117. The van der Waals surface area contributed by atoms with Crippen LogP contribution in [0.2, 0.25) is 0 Å². The van der Waals surface area contributed by atoms with Gasteiger partial charge in [-0.2, -0.15) is 0 Å². The minimum Gasteiger partial charge on any atom is -0.508 e. The number of nitrogens with zero attached hydrogens (tertiary/aromatic N) is 2. The van der Waals surface area contributed by atoms with Crippen LogP contribution in [0.4, 0.5) is 0 Å². The lowest BCUT2D eigenvalue weighted by Crippen LogP contribution is -2.22. The van der Waals surface area contributed by atoms with Crippen LogP contribution in [-0.2, 0) is 6.42 Å². The van der Waals surface area contributed by atoms with Crippen LogP contribution < -0.4 is 5.73 Å². The number of aromatic hydroxyl groups is 1. The zero-order valence-corrected chi connectivity index (χ0v) is 11.3. The molecule has 1 unspecified atom stereocenters. The normalized spacial score (nSPS) is 12.4. The van der Waals surface area contributed by atoms with Crippen LogP contribution in [0.1, 0.15) is 24.7 Å². The molecule has 0 amide bonds. The molecule has 100 valence electrons. The second-order valence-corrected chi connectivity index (χ2v) is 4.75. The standard InChI is InChI=1S/C15H19N3O/c1-3-12(16)9-13-7-10(2)17-15(18-13)11-5-4-6-14(19)8-11/h4-8,12,19H,3,9,16H2,1-2H3. The van der Waals surface area contributed by atoms with Crippen LogP contribution in [-0.4, -0.2) is 21.1 Å². The fourth-order valence-electron chi connectivity index (χ4n) is 1.93. The molecule has 1 aromatic carbocycles. The van der Waals surface area contributed by atoms with Crippen molar-refractivity contribution in [1.82, 2.24) is 9.97 Å². The zero-order chi connectivity index (χ0) is 13.8. The molecule has 2 aromatic rings. The number of hydrogen-bond donors (Lipinski definition) is 2. The third-order valence-electron chi connectivity index (χ3n) is 3.01. The van der Waals surface area contributed by atoms with Crippen LogP contribution in [0.15, 0.2) is 30.3 Å². The van der Waals surface area contributed by atoms with Crippen molar-refractivity contribution in [1.29, 1.82) is 0 Å². The largest absolute Gasteiger partial charge is 0.508 e. The molecule has 0 saturated carbocycles. The van der Waals surface area contributed by atoms with Gasteiger partial charge in [-0.05, 0) is 31.5 Å². The van der Waals surface area contributed by atoms with E-state index in [1.54, 1.807) is 18.2 Å². The molecule has 0 aliphatic heterocycles. The van der Waals surface area contributed by atoms with Crippen molar-refractivity contribution in [3.05, 3.63) is 41.7 Å². The Balaban J connectivity index is 2.36. The first kappa shape index (κ1) is 13.5. The molecule has 0 radical (unpaired) electrons. The molecule has 4 heteroatoms. The van der Waals surface area contributed by atoms with Crippen molar-refractivity contribution in [2.75, 3.05) is 0 Å². The van der Waals surface area contributed by atoms with E-state index in [2.05, 4.69) is 16.9 Å². The van der Waals surface area contributed by atoms with Crippen molar-refractivity contribution < 1.29 is 5.11 Å². The Kier molecular flexibility index (Phi) is 4.12. The molecule has 0 bridgehead atoms. The Morgan fingerprint density at radius 2 is 2.05 bits per heavy atom. The van der Waals surface area contributed by atoms with Crippen LogP contribution in [0.5, 0.6) is 5.75 Å². The summed E-state index contributed by atoms with van der Waals surface area (Å²) in [6, 6.07) is 9.05. The van der Waals surface area contributed by atoms with E-state index in [1.165, 1.54) is 0 Å². The molecule has 0 fully saturated rings. The van der Waals surface area contributed by atoms with E-state index < -0.39 is 0 Å². The molecule has 0 saturated heterocycles. The summed E-state index contributed by atoms with van der Waals surface area (Å²) >= 11 is 0. The van der Waals surface area contributed by atoms with Gasteiger partial charge < -0.3 is 10.8 Å². The van der Waals surface area contributed by atoms with Gasteiger partial charge in [-0.1, -0.05) is 19.1 Å². The van der Waals surface area contributed by atoms with Gasteiger partial charge in [0.1, 0.15) is 5.75 Å². The van der Waals surface area contributed by atoms with Gasteiger partial charge in [0.15, 0.2) is 5.82 Å². The number of benzene rings is 1. The maximum Gasteiger partial charge on any atom is 0.159 e. The summed E-state index contributed by atoms with van der Waals surface area (Å²) in [6.45, 7) is 4.00. The van der Waals surface area contributed by atoms with Crippen LogP contribution in [0.25, 0.3) is 11.4 Å². The molecule has 19 heavy (non-hydrogen) atoms. The summed E-state index contributed by atoms with van der Waals surface area (Å²) in [6.07, 6.45) is 1.66. The van der Waals surface area contributed by atoms with Gasteiger partial charge in [0.2, 0.25) is 0 Å². The average Bonchev–Trinajstić information content (AvgIpc) is 2.38. The molecule has 1 atom stereocenters. The highest BCUT2D eigenvalue weighted by molar-refractivity contribution is 5.57. The van der Waals surface area contributed by atoms with Crippen molar-refractivity contribution in [2.24, 2.45) is 5.73 Å². The fraction of sp³-hybridized carbons (Fsp3) is 0.333. The number of aryl methyl sites for hydroxylation is 1. The van der Waals surface area contributed by atoms with Gasteiger partial charge in [0.05, 0.1) is 0 Å². The van der Waals surface area contributed by atoms with E-state index in [1.807, 2.05) is 19.1 Å². The summed E-state index contributed by atoms with van der Waals surface area (Å²) in [5.74, 6) is 0.851. The second kappa shape index (κ2) is 5.80. The minimum atomic E-state index is 0.117. The molecule has 2 rings (SSSR count). The predicted molar refractivity (Wildman–Crippen MR) is 75.8 cm³/mol. The highest BCUT2D eigenvalue weighted by atomic mass is 16.3. The van der Waals surface area contributed by atoms with Crippen LogP contribution >= 0.6 is 0 Å². The van der Waals surface area contributed by atoms with Gasteiger partial charge in [-0.3, -0.25) is 0 Å². The summed E-state index contributed by atoms with van der Waals surface area (Å²) < 4.78 is 0. The Morgan fingerprint density at radius 3 is 2.74 bits per heavy atom. The highest BCUT2D eigenvalue weighted by Crippen LogP contribution is 2.20. The first-order valence-electron chi connectivity index (χ1n) is 6.48. The Bertz CT molecular complexity index is 569. The molecular formula is C15H19N3O. The Morgan fingerprint density at radius 1 is 1.26 bits per heavy atom. The molecule has 0 aliphatic carbocycles. The third kappa shape index (κ3) is 3.51. The summed E-state index contributed by atoms with van der Waals surface area (Å²) in [5, 5.41) is 9.52. The smallest absolute Gasteiger partial charge is 0.159 e. The average molecular weight is 257 g/mol. The summed E-state index contributed by atoms with van der Waals surface area (Å²) in [7, 11) is 0. The summed E-state index contributed by atoms with van der Waals surface area (Å²) in [5.41, 5.74) is 8.64. The predicted octanol–water partition coefficient (Wildman–Crippen LogP) is 2.44. The number of rotatable bonds is 4. The van der Waals surface area contributed by atoms with Gasteiger partial charge >= 0.3 is 0 Å². The van der Waals surface area contributed by atoms with Crippen LogP contribution in [0, 0.1) is 6.92 Å². The summed E-state index contributed by atoms with van der Waals surface area (Å²) in [4.78, 5) is 8.95. The van der Waals surface area contributed by atoms with Crippen molar-refractivity contribution in [3.8, 4) is 17.1 Å². The number of nitrogens with two attached hydrogens (primary N) is 1. The van der Waals surface area contributed by atoms with E-state index in [4.69, 9.17) is 5.73 Å². The molecule has 0 spiro atoms. The monoisotopic (exact) mass is 257 g/mol. The quantitative estimate of drug-likeness (QED) is 0.882. The van der Waals surface area contributed by atoms with Crippen molar-refractivity contribution >= 4 is 0 Å². The van der Waals surface area contributed by atoms with E-state index >= 15 is 0 Å². The number of aromatic nitrogens is 2. The van der Waals surface area contributed by atoms with E-state index in [-0.39, 0.29) is 11.8 Å². The molecular weight excluding hydrogens is 238 g/mol. The van der Waals surface area contributed by atoms with Gasteiger partial charge in [-0.15, -0.1) is 0 Å². The first-order chi connectivity index (χ1) is 9.08. The molecule has 3 N–H and O–H groups in total. The third-order valence-corrected chi connectivity index (χ3v) is 3.01. The maximum atomic E-state index is 9.52. The number of hydrogen-bond acceptors (Lipinski definition) is 4. The van der Waals surface area contributed by atoms with E-state index in [9.17, 15) is 5.11 Å². The van der Waals surface area contributed by atoms with Crippen molar-refractivity contribution in [2.45, 2.75) is 32.7 Å². The molecule has 1 heterocycles. The lowest BCUT2D eigenvalue weighted by atomic mass is 10.1. The highest BCUT2D eigenvalue weighted by Gasteiger charge is 2.08. The van der Waals surface area contributed by atoms with Gasteiger partial charge in [0.25, 0.3) is 0 Å². The number of phenols is 1. The topological polar surface area (TPSA) is 72.0 Å². The molecule has 4 nitrogen and oxygen atoms in total. The van der Waals surface area contributed by atoms with Gasteiger partial charge in [0, 0.05) is 29.4 Å². The van der Waals surface area contributed by atoms with E-state index in [0.29, 0.717) is 5.82 Å². The molecule has 1 aromatic heterocycles. The van der Waals surface area contributed by atoms with Gasteiger partial charge in [-0.25, -0.2) is 9.97 Å². The lowest BCUT2D eigenvalue weighted by molar-refractivity contribution is 0.475. The second-order valence-electron chi connectivity index (χ2n) is 4.75. The molecule has 0 aliphatic rings. The lowest BCUT2D eigenvalue weighted by Gasteiger charge is -2.10. The van der Waals surface area contributed by atoms with E-state index in [0.717, 1.165) is 29.8 Å². The maximum absolute atomic E-state index is 9.52. The SMILES string of the molecule is CCC(N)Cc1cc(C)nc(-c2cccc(O)c2)n1. The Labute approximate surface area is 113 Å². The zero-order valence-electron chi connectivity index (χ0n) is 11.3. The fourth-order valence-corrected chi connectivity index (χ4v) is 1.93.